The van der Waals surface area contributed by atoms with E-state index in [1.807, 2.05) is 19.2 Å². The van der Waals surface area contributed by atoms with Gasteiger partial charge in [0.25, 0.3) is 0 Å². The Morgan fingerprint density at radius 3 is 1.36 bits per heavy atom. The van der Waals surface area contributed by atoms with Crippen LogP contribution >= 0.6 is 0 Å². The fraction of sp³-hybridized carbons (Fsp3) is 0.761. The smallest absolute Gasteiger partial charge is 0.326 e. The number of carbonyl (C=O) groups excluding carboxylic acids is 13. The van der Waals surface area contributed by atoms with Crippen molar-refractivity contribution >= 4 is 94.7 Å². The lowest BCUT2D eigenvalue weighted by molar-refractivity contribution is -0.148. The number of amides is 13. The number of aliphatic carboxylic acids is 3. The molecule has 0 radical (unpaired) electrons. The number of rotatable bonds is 50. The predicted octanol–water partition coefficient (Wildman–Crippen LogP) is -2.95. The molecule has 0 spiro atoms. The van der Waals surface area contributed by atoms with Crippen molar-refractivity contribution in [1.82, 2.24) is 68.7 Å². The number of hydrogen-bond acceptors (Lipinski definition) is 20. The zero-order valence-electron chi connectivity index (χ0n) is 61.5. The minimum atomic E-state index is -2.01. The zero-order chi connectivity index (χ0) is 78.5. The van der Waals surface area contributed by atoms with Gasteiger partial charge in [-0.2, -0.15) is 0 Å². The summed E-state index contributed by atoms with van der Waals surface area (Å²) in [5.74, 6) is -18.2. The van der Waals surface area contributed by atoms with Gasteiger partial charge < -0.3 is 105 Å². The second kappa shape index (κ2) is 47.6. The van der Waals surface area contributed by atoms with Crippen LogP contribution in [-0.4, -0.2) is 241 Å². The highest BCUT2D eigenvalue weighted by molar-refractivity contribution is 6.00. The van der Waals surface area contributed by atoms with Gasteiger partial charge >= 0.3 is 17.9 Å². The molecule has 0 saturated carbocycles. The fourth-order valence-corrected chi connectivity index (χ4v) is 10.9. The molecule has 1 aliphatic rings. The molecule has 103 heavy (non-hydrogen) atoms. The summed E-state index contributed by atoms with van der Waals surface area (Å²) in [7, 11) is 0. The zero-order valence-corrected chi connectivity index (χ0v) is 61.5. The third-order valence-electron chi connectivity index (χ3n) is 17.1. The lowest BCUT2D eigenvalue weighted by Gasteiger charge is -2.32. The molecule has 1 aliphatic heterocycles. The summed E-state index contributed by atoms with van der Waals surface area (Å²) >= 11 is 0. The normalized spacial score (nSPS) is 17.1. The number of unbranched alkanes of at least 4 members (excludes halogenated alkanes) is 7. The second-order valence-electron chi connectivity index (χ2n) is 27.3. The molecule has 0 aromatic heterocycles. The van der Waals surface area contributed by atoms with E-state index >= 15 is 0 Å². The summed E-state index contributed by atoms with van der Waals surface area (Å²) in [6.45, 7) is 17.7. The summed E-state index contributed by atoms with van der Waals surface area (Å²) in [5.41, 5.74) is 5.66. The Balaban J connectivity index is 3.15. The van der Waals surface area contributed by atoms with Crippen LogP contribution in [0, 0.1) is 17.8 Å². The lowest BCUT2D eigenvalue weighted by atomic mass is 9.96. The van der Waals surface area contributed by atoms with Gasteiger partial charge in [0, 0.05) is 13.0 Å². The molecular weight excluding hydrogens is 1350 g/mol. The van der Waals surface area contributed by atoms with Crippen LogP contribution in [0.3, 0.4) is 0 Å². The fourth-order valence-electron chi connectivity index (χ4n) is 10.9. The molecule has 586 valence electrons. The molecule has 1 saturated heterocycles. The highest BCUT2D eigenvalue weighted by Crippen LogP contribution is 2.21. The third-order valence-corrected chi connectivity index (χ3v) is 17.1. The first kappa shape index (κ1) is 92.4. The van der Waals surface area contributed by atoms with E-state index < -0.39 is 205 Å². The van der Waals surface area contributed by atoms with Crippen LogP contribution in [0.2, 0.25) is 0 Å². The number of likely N-dealkylation sites (tertiary alicyclic amines) is 1. The van der Waals surface area contributed by atoms with Crippen LogP contribution in [0.4, 0.5) is 0 Å². The van der Waals surface area contributed by atoms with Gasteiger partial charge in [-0.3, -0.25) is 71.9 Å². The minimum absolute atomic E-state index is 0.0118. The maximum atomic E-state index is 14.1. The van der Waals surface area contributed by atoms with Crippen molar-refractivity contribution in [3.05, 3.63) is 0 Å². The molecule has 0 aromatic rings. The van der Waals surface area contributed by atoms with Crippen LogP contribution < -0.4 is 69.5 Å². The van der Waals surface area contributed by atoms with Gasteiger partial charge in [0.1, 0.15) is 78.5 Å². The molecule has 1 fully saturated rings. The van der Waals surface area contributed by atoms with Crippen molar-refractivity contribution in [2.45, 2.75) is 289 Å². The number of nitrogens with one attached hydrogen (secondary N) is 12. The van der Waals surface area contributed by atoms with Crippen molar-refractivity contribution in [3.63, 3.8) is 0 Å². The summed E-state index contributed by atoms with van der Waals surface area (Å²) in [6.07, 6.45) is 3.11. The third kappa shape index (κ3) is 34.0. The first-order valence-corrected chi connectivity index (χ1v) is 35.5. The number of carbonyl (C=O) groups is 16. The molecule has 36 heteroatoms. The van der Waals surface area contributed by atoms with Gasteiger partial charge in [0.15, 0.2) is 0 Å². The van der Waals surface area contributed by atoms with Gasteiger partial charge in [0.05, 0.1) is 31.7 Å². The highest BCUT2D eigenvalue weighted by atomic mass is 16.4. The van der Waals surface area contributed by atoms with Crippen molar-refractivity contribution in [2.24, 2.45) is 23.5 Å². The Kier molecular flexibility index (Phi) is 42.7. The average Bonchev–Trinajstić information content (AvgIpc) is 1.74. The molecule has 0 aromatic carbocycles. The second-order valence-corrected chi connectivity index (χ2v) is 27.3. The number of carboxylic acid groups (broad SMARTS) is 3. The first-order valence-electron chi connectivity index (χ1n) is 35.5. The van der Waals surface area contributed by atoms with Crippen molar-refractivity contribution in [2.75, 3.05) is 19.7 Å². The minimum Gasteiger partial charge on any atom is -0.481 e. The number of aliphatic hydroxyl groups excluding tert-OH is 3. The van der Waals surface area contributed by atoms with Crippen LogP contribution in [0.1, 0.15) is 199 Å². The highest BCUT2D eigenvalue weighted by Gasteiger charge is 2.43. The maximum absolute atomic E-state index is 14.1. The molecular formula is C67H116N14O22. The van der Waals surface area contributed by atoms with E-state index in [4.69, 9.17) is 10.8 Å². The molecule has 13 amide bonds. The van der Waals surface area contributed by atoms with E-state index in [9.17, 15) is 102 Å². The largest absolute Gasteiger partial charge is 0.481 e. The molecule has 1 heterocycles. The number of aliphatic hydroxyl groups is 3. The summed E-state index contributed by atoms with van der Waals surface area (Å²) in [6, 6.07) is -20.0. The van der Waals surface area contributed by atoms with Crippen molar-refractivity contribution in [1.29, 1.82) is 0 Å². The Labute approximate surface area is 601 Å². The Hall–Kier alpha value is -8.64. The molecule has 36 nitrogen and oxygen atoms in total. The predicted molar refractivity (Wildman–Crippen MR) is 371 cm³/mol. The van der Waals surface area contributed by atoms with Gasteiger partial charge in [-0.15, -0.1) is 0 Å². The van der Waals surface area contributed by atoms with E-state index in [0.29, 0.717) is 19.3 Å². The molecule has 16 atom stereocenters. The van der Waals surface area contributed by atoms with E-state index in [0.717, 1.165) is 43.4 Å². The Morgan fingerprint density at radius 1 is 0.437 bits per heavy atom. The summed E-state index contributed by atoms with van der Waals surface area (Å²) < 4.78 is 0. The monoisotopic (exact) mass is 1470 g/mol. The van der Waals surface area contributed by atoms with E-state index in [-0.39, 0.29) is 75.8 Å². The van der Waals surface area contributed by atoms with E-state index in [1.54, 1.807) is 20.8 Å². The van der Waals surface area contributed by atoms with Gasteiger partial charge in [-0.25, -0.2) is 4.79 Å². The molecule has 0 bridgehead atoms. The molecule has 0 aliphatic carbocycles. The number of nitrogens with two attached hydrogens (primary N) is 1. The maximum Gasteiger partial charge on any atom is 0.326 e. The van der Waals surface area contributed by atoms with Crippen LogP contribution in [-0.2, 0) is 76.7 Å². The standard InChI is InChI=1S/C67H116N14O22/c1-13-15-16-17-18-19-20-26-49(85)72-43(29-34(3)4)61(96)80-54(41(12)84)66(101)81-28-23-25-48(81)63(98)79-53(40(11)83)65(100)71-39(10)56(91)74-44(30-35(5)6)59(94)70-37(8)55(90)69-38(9)57(92)77-47(33-82)62(97)73-42(24-21-22-27-68)58(93)78-52(36(7)14-2)64(99)75-45(31-50(86)87)60(95)76-46(67(102)103)32-51(88)89/h34-48,52-54,82-84H,13-33,68H2,1-12H3,(H,69,90)(H,70,94)(H,71,100)(H,72,85)(H,73,97)(H,74,91)(H,75,99)(H,76,95)(H,77,92)(H,78,93)(H,79,98)(H,80,96)(H,86,87)(H,88,89)(H,102,103)/t36-,37-,38-,39-,40+,41+,42-,43-,44-,45-,46-,47-,48-,52-,53-,54-/m0/s1. The van der Waals surface area contributed by atoms with Gasteiger partial charge in [0.2, 0.25) is 76.8 Å². The Morgan fingerprint density at radius 2 is 0.854 bits per heavy atom. The number of carboxylic acids is 3. The molecule has 1 rings (SSSR count). The summed E-state index contributed by atoms with van der Waals surface area (Å²) in [5, 5.41) is 88.7. The van der Waals surface area contributed by atoms with Crippen molar-refractivity contribution in [3.8, 4) is 0 Å². The van der Waals surface area contributed by atoms with E-state index in [1.165, 1.54) is 41.5 Å². The van der Waals surface area contributed by atoms with Gasteiger partial charge in [-0.05, 0) is 110 Å². The van der Waals surface area contributed by atoms with Crippen LogP contribution in [0.15, 0.2) is 0 Å². The van der Waals surface area contributed by atoms with E-state index in [2.05, 4.69) is 65.4 Å². The summed E-state index contributed by atoms with van der Waals surface area (Å²) in [4.78, 5) is 213. The lowest BCUT2D eigenvalue weighted by Crippen LogP contribution is -2.62. The quantitative estimate of drug-likeness (QED) is 0.0271. The Bertz CT molecular complexity index is 2860. The number of nitrogens with zero attached hydrogens (tertiary/aromatic N) is 1. The molecule has 0 unspecified atom stereocenters. The van der Waals surface area contributed by atoms with Crippen LogP contribution in [0.25, 0.3) is 0 Å². The van der Waals surface area contributed by atoms with Crippen LogP contribution in [0.5, 0.6) is 0 Å². The molecule has 20 N–H and O–H groups in total. The SMILES string of the molecule is CCCCCCCCCC(=O)N[C@@H](CC(C)C)C(=O)N[C@H](C(=O)N1CCC[C@H]1C(=O)N[C@H](C(=O)N[C@@H](C)C(=O)N[C@@H](CC(C)C)C(=O)N[C@@H](C)C(=O)N[C@@H](C)C(=O)N[C@@H](CO)C(=O)N[C@@H](CCCCN)C(=O)N[C@H](C(=O)N[C@@H](CC(=O)O)C(=O)N[C@@H](CC(=O)O)C(=O)O)[C@@H](C)CC)[C@@H](C)O)[C@@H](C)O. The average molecular weight is 1470 g/mol. The van der Waals surface area contributed by atoms with Crippen molar-refractivity contribution < 1.29 is 107 Å². The first-order chi connectivity index (χ1) is 48.2. The topological polar surface area (TPSA) is 568 Å². The number of hydrogen-bond donors (Lipinski definition) is 19. The van der Waals surface area contributed by atoms with Gasteiger partial charge in [-0.1, -0.05) is 93.4 Å².